The lowest BCUT2D eigenvalue weighted by molar-refractivity contribution is 0.0204. The molecule has 11 heteroatoms. The third-order valence-corrected chi connectivity index (χ3v) is 6.73. The second-order valence-electron chi connectivity index (χ2n) is 8.37. The van der Waals surface area contributed by atoms with E-state index in [9.17, 15) is 14.4 Å². The minimum Gasteiger partial charge on any atom is -0.444 e. The van der Waals surface area contributed by atoms with Gasteiger partial charge in [0.25, 0.3) is 11.8 Å². The van der Waals surface area contributed by atoms with E-state index in [-0.39, 0.29) is 17.7 Å². The first-order valence-corrected chi connectivity index (χ1v) is 11.7. The van der Waals surface area contributed by atoms with Crippen LogP contribution in [0.1, 0.15) is 75.4 Å². The molecule has 0 radical (unpaired) electrons. The van der Waals surface area contributed by atoms with Crippen molar-refractivity contribution in [2.24, 2.45) is 0 Å². The number of carbonyl (C=O) groups is 3. The number of piperidine rings is 1. The molecular formula is C20H27N5O4S2. The molecule has 2 aromatic rings. The van der Waals surface area contributed by atoms with Gasteiger partial charge in [-0.2, -0.15) is 0 Å². The molecule has 0 bridgehead atoms. The molecule has 3 rings (SSSR count). The van der Waals surface area contributed by atoms with Gasteiger partial charge < -0.3 is 9.64 Å². The van der Waals surface area contributed by atoms with Gasteiger partial charge >= 0.3 is 6.09 Å². The maximum Gasteiger partial charge on any atom is 0.410 e. The molecule has 0 unspecified atom stereocenters. The Kier molecular flexibility index (Phi) is 6.95. The van der Waals surface area contributed by atoms with E-state index in [0.717, 1.165) is 22.9 Å². The zero-order valence-corrected chi connectivity index (χ0v) is 19.9. The van der Waals surface area contributed by atoms with E-state index < -0.39 is 17.4 Å². The summed E-state index contributed by atoms with van der Waals surface area (Å²) in [6, 6.07) is 0. The van der Waals surface area contributed by atoms with Crippen LogP contribution >= 0.6 is 22.7 Å². The highest BCUT2D eigenvalue weighted by atomic mass is 32.1. The minimum atomic E-state index is -0.515. The summed E-state index contributed by atoms with van der Waals surface area (Å²) in [6.45, 7) is 10.3. The van der Waals surface area contributed by atoms with Gasteiger partial charge in [0, 0.05) is 24.4 Å². The highest BCUT2D eigenvalue weighted by Gasteiger charge is 2.29. The van der Waals surface area contributed by atoms with Crippen molar-refractivity contribution in [2.75, 3.05) is 13.1 Å². The largest absolute Gasteiger partial charge is 0.444 e. The van der Waals surface area contributed by atoms with Gasteiger partial charge in [0.1, 0.15) is 16.2 Å². The molecule has 2 N–H and O–H groups in total. The van der Waals surface area contributed by atoms with Crippen LogP contribution in [0.4, 0.5) is 4.79 Å². The van der Waals surface area contributed by atoms with E-state index in [4.69, 9.17) is 4.74 Å². The van der Waals surface area contributed by atoms with Gasteiger partial charge in [-0.3, -0.25) is 20.4 Å². The monoisotopic (exact) mass is 465 g/mol. The maximum atomic E-state index is 12.4. The van der Waals surface area contributed by atoms with Gasteiger partial charge in [0.05, 0.1) is 15.7 Å². The summed E-state index contributed by atoms with van der Waals surface area (Å²) in [5.41, 5.74) is 5.19. The molecule has 9 nitrogen and oxygen atoms in total. The van der Waals surface area contributed by atoms with Crippen molar-refractivity contribution in [3.63, 3.8) is 0 Å². The van der Waals surface area contributed by atoms with E-state index in [2.05, 4.69) is 20.8 Å². The number of nitrogens with zero attached hydrogens (tertiary/aromatic N) is 3. The first-order valence-electron chi connectivity index (χ1n) is 10.0. The molecule has 0 aromatic carbocycles. The van der Waals surface area contributed by atoms with Crippen molar-refractivity contribution in [1.82, 2.24) is 25.7 Å². The topological polar surface area (TPSA) is 114 Å². The summed E-state index contributed by atoms with van der Waals surface area (Å²) in [7, 11) is 0. The van der Waals surface area contributed by atoms with Crippen LogP contribution in [-0.2, 0) is 4.74 Å². The molecule has 0 spiro atoms. The number of amides is 3. The van der Waals surface area contributed by atoms with E-state index in [1.807, 2.05) is 27.7 Å². The molecule has 0 saturated carbocycles. The second-order valence-corrected chi connectivity index (χ2v) is 10.5. The summed E-state index contributed by atoms with van der Waals surface area (Å²) < 4.78 is 5.42. The fourth-order valence-corrected chi connectivity index (χ4v) is 4.98. The summed E-state index contributed by atoms with van der Waals surface area (Å²) >= 11 is 2.69. The fraction of sp³-hybridized carbons (Fsp3) is 0.550. The molecule has 3 heterocycles. The predicted molar refractivity (Wildman–Crippen MR) is 118 cm³/mol. The number of carbonyl (C=O) groups excluding carboxylic acids is 3. The van der Waals surface area contributed by atoms with Crippen molar-refractivity contribution in [3.8, 4) is 0 Å². The van der Waals surface area contributed by atoms with E-state index in [1.165, 1.54) is 22.7 Å². The zero-order valence-electron chi connectivity index (χ0n) is 18.3. The molecule has 0 atom stereocenters. The summed E-state index contributed by atoms with van der Waals surface area (Å²) in [5, 5.41) is 3.32. The quantitative estimate of drug-likeness (QED) is 0.672. The number of rotatable bonds is 3. The normalized spacial score (nSPS) is 14.9. The number of nitrogens with one attached hydrogen (secondary N) is 2. The number of hydrogen-bond acceptors (Lipinski definition) is 8. The number of hydrogen-bond donors (Lipinski definition) is 2. The first-order chi connectivity index (χ1) is 14.5. The van der Waals surface area contributed by atoms with E-state index in [1.54, 1.807) is 17.2 Å². The Hall–Kier alpha value is -2.53. The highest BCUT2D eigenvalue weighted by molar-refractivity contribution is 7.13. The second kappa shape index (κ2) is 9.31. The van der Waals surface area contributed by atoms with Crippen LogP contribution in [0.5, 0.6) is 0 Å². The third kappa shape index (κ3) is 6.01. The number of hydrazine groups is 1. The molecule has 1 fully saturated rings. The van der Waals surface area contributed by atoms with Crippen LogP contribution in [0, 0.1) is 13.8 Å². The summed E-state index contributed by atoms with van der Waals surface area (Å²) in [4.78, 5) is 47.6. The Morgan fingerprint density at radius 1 is 1.10 bits per heavy atom. The Labute approximate surface area is 189 Å². The molecular weight excluding hydrogens is 438 g/mol. The van der Waals surface area contributed by atoms with Crippen molar-refractivity contribution < 1.29 is 19.1 Å². The Morgan fingerprint density at radius 2 is 1.74 bits per heavy atom. The Morgan fingerprint density at radius 3 is 2.32 bits per heavy atom. The summed E-state index contributed by atoms with van der Waals surface area (Å²) in [5.74, 6) is -0.690. The fourth-order valence-electron chi connectivity index (χ4n) is 3.19. The Bertz CT molecular complexity index is 971. The number of ether oxygens (including phenoxy) is 1. The molecule has 1 aliphatic rings. The van der Waals surface area contributed by atoms with Crippen LogP contribution in [0.25, 0.3) is 0 Å². The van der Waals surface area contributed by atoms with Crippen LogP contribution in [0.15, 0.2) is 5.38 Å². The van der Waals surface area contributed by atoms with Crippen LogP contribution in [0.2, 0.25) is 0 Å². The molecule has 168 valence electrons. The average Bonchev–Trinajstić information content (AvgIpc) is 3.31. The molecule has 2 aromatic heterocycles. The zero-order chi connectivity index (χ0) is 22.8. The number of aromatic nitrogens is 2. The van der Waals surface area contributed by atoms with Crippen LogP contribution < -0.4 is 10.9 Å². The molecule has 3 amide bonds. The van der Waals surface area contributed by atoms with Crippen LogP contribution in [-0.4, -0.2) is 51.5 Å². The van der Waals surface area contributed by atoms with Gasteiger partial charge in [-0.15, -0.1) is 22.7 Å². The predicted octanol–water partition coefficient (Wildman–Crippen LogP) is 3.41. The van der Waals surface area contributed by atoms with Gasteiger partial charge in [-0.25, -0.2) is 14.8 Å². The van der Waals surface area contributed by atoms with Crippen molar-refractivity contribution in [3.05, 3.63) is 31.7 Å². The van der Waals surface area contributed by atoms with Crippen molar-refractivity contribution in [2.45, 2.75) is 59.0 Å². The van der Waals surface area contributed by atoms with Gasteiger partial charge in [-0.05, 0) is 47.5 Å². The smallest absolute Gasteiger partial charge is 0.410 e. The number of thiazole rings is 2. The highest BCUT2D eigenvalue weighted by Crippen LogP contribution is 2.31. The molecule has 1 saturated heterocycles. The lowest BCUT2D eigenvalue weighted by atomic mass is 9.98. The lowest BCUT2D eigenvalue weighted by Gasteiger charge is -2.32. The van der Waals surface area contributed by atoms with Gasteiger partial charge in [0.2, 0.25) is 0 Å². The molecule has 31 heavy (non-hydrogen) atoms. The molecule has 1 aliphatic heterocycles. The SMILES string of the molecule is Cc1nc(C)c(C(=O)NNC(=O)c2csc(C3CCN(C(=O)OC(C)(C)C)CC3)n2)s1. The third-order valence-electron chi connectivity index (χ3n) is 4.65. The Balaban J connectivity index is 1.51. The van der Waals surface area contributed by atoms with Gasteiger partial charge in [-0.1, -0.05) is 0 Å². The standard InChI is InChI=1S/C20H27N5O4S2/c1-11-15(31-12(2)21-11)17(27)24-23-16(26)14-10-30-18(22-14)13-6-8-25(9-7-13)19(28)29-20(3,4)5/h10,13H,6-9H2,1-5H3,(H,23,26)(H,24,27). The maximum absolute atomic E-state index is 12.4. The first kappa shape index (κ1) is 23.1. The minimum absolute atomic E-state index is 0.183. The molecule has 0 aliphatic carbocycles. The number of likely N-dealkylation sites (tertiary alicyclic amines) is 1. The number of aryl methyl sites for hydroxylation is 2. The van der Waals surface area contributed by atoms with Crippen molar-refractivity contribution >= 4 is 40.6 Å². The van der Waals surface area contributed by atoms with Crippen molar-refractivity contribution in [1.29, 1.82) is 0 Å². The van der Waals surface area contributed by atoms with Gasteiger partial charge in [0.15, 0.2) is 0 Å². The summed E-state index contributed by atoms with van der Waals surface area (Å²) in [6.07, 6.45) is 1.22. The van der Waals surface area contributed by atoms with E-state index in [0.29, 0.717) is 23.7 Å². The van der Waals surface area contributed by atoms with Crippen LogP contribution in [0.3, 0.4) is 0 Å². The average molecular weight is 466 g/mol. The van der Waals surface area contributed by atoms with E-state index >= 15 is 0 Å². The lowest BCUT2D eigenvalue weighted by Crippen LogP contribution is -2.42.